The molecule has 0 amide bonds. The Morgan fingerprint density at radius 2 is 1.22 bits per heavy atom. The van der Waals surface area contributed by atoms with Crippen LogP contribution in [0.4, 0.5) is 22.9 Å². The molecule has 16 heteroatoms. The topological polar surface area (TPSA) is 333 Å². The predicted octanol–water partition coefficient (Wildman–Crippen LogP) is 3.40. The van der Waals surface area contributed by atoms with E-state index in [-0.39, 0.29) is 59.5 Å². The van der Waals surface area contributed by atoms with Gasteiger partial charge >= 0.3 is 0 Å². The summed E-state index contributed by atoms with van der Waals surface area (Å²) in [7, 11) is 0. The minimum absolute atomic E-state index is 0. The van der Waals surface area contributed by atoms with Crippen LogP contribution in [0.15, 0.2) is 113 Å². The number of aromatic hydroxyl groups is 4. The number of phenols is 3. The van der Waals surface area contributed by atoms with Gasteiger partial charge in [0, 0.05) is 23.6 Å². The zero-order valence-corrected chi connectivity index (χ0v) is 23.1. The molecule has 0 saturated heterocycles. The summed E-state index contributed by atoms with van der Waals surface area (Å²) >= 11 is 0. The van der Waals surface area contributed by atoms with Crippen molar-refractivity contribution < 1.29 is 41.2 Å². The van der Waals surface area contributed by atoms with E-state index in [4.69, 9.17) is 37.9 Å². The third-order valence-electron chi connectivity index (χ3n) is 4.94. The zero-order valence-electron chi connectivity index (χ0n) is 23.1. The molecule has 2 heterocycles. The largest absolute Gasteiger partial charge is 0.508 e. The molecule has 4 aromatic rings. The first-order valence-electron chi connectivity index (χ1n) is 11.8. The summed E-state index contributed by atoms with van der Waals surface area (Å²) in [6.07, 6.45) is 2.84. The molecular formula is C29H38N8O8. The van der Waals surface area contributed by atoms with E-state index >= 15 is 0 Å². The van der Waals surface area contributed by atoms with Crippen molar-refractivity contribution in [1.82, 2.24) is 11.1 Å². The van der Waals surface area contributed by atoms with Gasteiger partial charge in [-0.3, -0.25) is 15.3 Å². The number of nitrogens with two attached hydrogens (primary N) is 3. The highest BCUT2D eigenvalue weighted by Gasteiger charge is 2.19. The summed E-state index contributed by atoms with van der Waals surface area (Å²) in [5.74, 6) is 0.392. The number of aromatic nitrogens is 1. The van der Waals surface area contributed by atoms with E-state index in [2.05, 4.69) is 20.3 Å². The zero-order chi connectivity index (χ0) is 31.1. The molecule has 0 aliphatic carbocycles. The Labute approximate surface area is 258 Å². The van der Waals surface area contributed by atoms with Gasteiger partial charge in [-0.05, 0) is 84.9 Å². The number of amidine groups is 2. The number of benzene rings is 3. The first-order valence-corrected chi connectivity index (χ1v) is 11.8. The third-order valence-corrected chi connectivity index (χ3v) is 4.94. The Morgan fingerprint density at radius 1 is 0.733 bits per heavy atom. The van der Waals surface area contributed by atoms with Gasteiger partial charge in [0.25, 0.3) is 0 Å². The lowest BCUT2D eigenvalue weighted by Crippen LogP contribution is -2.30. The molecule has 1 aliphatic rings. The Balaban J connectivity index is 0. The van der Waals surface area contributed by atoms with E-state index in [1.165, 1.54) is 42.6 Å². The van der Waals surface area contributed by atoms with E-state index < -0.39 is 5.78 Å². The minimum Gasteiger partial charge on any atom is -0.508 e. The van der Waals surface area contributed by atoms with Crippen LogP contribution in [-0.4, -0.2) is 58.9 Å². The number of hydrogen-bond donors (Lipinski definition) is 11. The Hall–Kier alpha value is -6.20. The lowest BCUT2D eigenvalue weighted by molar-refractivity contribution is -0.176. The number of carbonyl (C=O) groups is 1. The van der Waals surface area contributed by atoms with Crippen molar-refractivity contribution in [1.29, 1.82) is 0 Å². The maximum atomic E-state index is 11.8. The maximum absolute atomic E-state index is 11.8. The molecule has 1 aliphatic heterocycles. The van der Waals surface area contributed by atoms with Crippen molar-refractivity contribution in [2.75, 3.05) is 16.8 Å². The number of rotatable bonds is 3. The summed E-state index contributed by atoms with van der Waals surface area (Å²) in [6.45, 7) is 0. The summed E-state index contributed by atoms with van der Waals surface area (Å²) in [5, 5.41) is 51.1. The second-order valence-electron chi connectivity index (χ2n) is 8.04. The molecule has 18 N–H and O–H groups in total. The second kappa shape index (κ2) is 20.6. The second-order valence-corrected chi connectivity index (χ2v) is 8.04. The summed E-state index contributed by atoms with van der Waals surface area (Å²) in [5.41, 5.74) is 18.3. The van der Waals surface area contributed by atoms with Gasteiger partial charge in [-0.2, -0.15) is 0 Å². The van der Waals surface area contributed by atoms with Gasteiger partial charge in [-0.15, -0.1) is 0 Å². The van der Waals surface area contributed by atoms with Crippen LogP contribution in [0.3, 0.4) is 0 Å². The van der Waals surface area contributed by atoms with Crippen LogP contribution in [0.25, 0.3) is 0 Å². The van der Waals surface area contributed by atoms with Crippen LogP contribution in [0.2, 0.25) is 0 Å². The maximum Gasteiger partial charge on any atom is 0.222 e. The molecule has 0 radical (unpaired) electrons. The molecule has 45 heavy (non-hydrogen) atoms. The van der Waals surface area contributed by atoms with Crippen molar-refractivity contribution in [3.8, 4) is 23.0 Å². The molecule has 0 saturated carbocycles. The minimum atomic E-state index is -0.416. The Morgan fingerprint density at radius 3 is 1.67 bits per heavy atom. The molecule has 0 bridgehead atoms. The first-order chi connectivity index (χ1) is 20.1. The predicted molar refractivity (Wildman–Crippen MR) is 175 cm³/mol. The number of nitrogens with zero attached hydrogens (tertiary/aromatic N) is 3. The van der Waals surface area contributed by atoms with Crippen molar-refractivity contribution in [3.05, 3.63) is 103 Å². The highest BCUT2D eigenvalue weighted by Crippen LogP contribution is 2.21. The van der Waals surface area contributed by atoms with E-state index in [1.807, 2.05) is 0 Å². The van der Waals surface area contributed by atoms with E-state index in [1.54, 1.807) is 54.6 Å². The molecular weight excluding hydrogens is 588 g/mol. The van der Waals surface area contributed by atoms with Crippen molar-refractivity contribution in [2.24, 2.45) is 15.7 Å². The number of pyridine rings is 1. The van der Waals surface area contributed by atoms with Gasteiger partial charge in [-0.25, -0.2) is 15.0 Å². The van der Waals surface area contributed by atoms with Crippen LogP contribution in [0.1, 0.15) is 7.43 Å². The average Bonchev–Trinajstić information content (AvgIpc) is 2.99. The number of phenolic OH excluding ortho intramolecular Hbond substituents is 3. The summed E-state index contributed by atoms with van der Waals surface area (Å²) in [4.78, 5) is 23.8. The molecule has 0 unspecified atom stereocenters. The van der Waals surface area contributed by atoms with Gasteiger partial charge < -0.3 is 54.6 Å². The van der Waals surface area contributed by atoms with Gasteiger partial charge in [0.2, 0.25) is 5.78 Å². The number of anilines is 3. The van der Waals surface area contributed by atoms with Crippen molar-refractivity contribution in [2.45, 2.75) is 7.43 Å². The number of hydrogen-bond acceptors (Lipinski definition) is 14. The van der Waals surface area contributed by atoms with E-state index in [0.29, 0.717) is 22.8 Å². The van der Waals surface area contributed by atoms with Crippen molar-refractivity contribution in [3.63, 3.8) is 0 Å². The van der Waals surface area contributed by atoms with Crippen LogP contribution in [-0.2, 0) is 4.79 Å². The quantitative estimate of drug-likeness (QED) is 0.0672. The van der Waals surface area contributed by atoms with Gasteiger partial charge in [-0.1, -0.05) is 7.43 Å². The normalized spacial score (nSPS) is 11.8. The fourth-order valence-corrected chi connectivity index (χ4v) is 2.91. The molecule has 0 fully saturated rings. The Kier molecular flexibility index (Phi) is 18.8. The smallest absolute Gasteiger partial charge is 0.222 e. The monoisotopic (exact) mass is 626 g/mol. The van der Waals surface area contributed by atoms with Crippen LogP contribution in [0, 0.1) is 0 Å². The fraction of sp³-hybridized carbons (Fsp3) is 0.0345. The molecule has 3 aromatic carbocycles. The number of aliphatic imine (C=N–C) groups is 2. The highest BCUT2D eigenvalue weighted by molar-refractivity contribution is 6.47. The number of ketones is 1. The fourth-order valence-electron chi connectivity index (χ4n) is 2.91. The van der Waals surface area contributed by atoms with Crippen LogP contribution < -0.4 is 28.7 Å². The van der Waals surface area contributed by atoms with Crippen LogP contribution >= 0.6 is 0 Å². The summed E-state index contributed by atoms with van der Waals surface area (Å²) < 4.78 is 0. The van der Waals surface area contributed by atoms with Gasteiger partial charge in [0.15, 0.2) is 23.2 Å². The number of carbonyl (C=O) groups excluding carboxylic acids is 1. The van der Waals surface area contributed by atoms with Gasteiger partial charge in [0.1, 0.15) is 17.2 Å². The van der Waals surface area contributed by atoms with Crippen molar-refractivity contribution >= 4 is 40.3 Å². The molecule has 16 nitrogen and oxygen atoms in total. The molecule has 5 rings (SSSR count). The Bertz CT molecular complexity index is 1500. The number of dihydropyridines is 1. The average molecular weight is 627 g/mol. The molecule has 0 spiro atoms. The van der Waals surface area contributed by atoms with E-state index in [9.17, 15) is 15.0 Å². The lowest BCUT2D eigenvalue weighted by Gasteiger charge is -2.14. The molecule has 1 aromatic heterocycles. The molecule has 0 atom stereocenters. The van der Waals surface area contributed by atoms with Gasteiger partial charge in [0.05, 0.1) is 11.4 Å². The standard InChI is InChI=1S/C17H14N4O3.C6H7NO.C5H6N2O.CH4.H3N.H2O2.H2O/c18-16-15(24)9-14(19-10-1-5-12(22)6-2-10)17(21-16)20-11-3-7-13(23)8-4-11;7-5-1-3-6(8)4-2-5;6-5-4(8)2-1-3-7-5;;;1-2;/h1-9,19,22-23H,(H2,18,20,21);1-4,8H,7H2;1-3,8H,(H2,6,7);1H4;1H3;1-2H;1H2. The van der Waals surface area contributed by atoms with Crippen LogP contribution in [0.5, 0.6) is 23.0 Å². The highest BCUT2D eigenvalue weighted by atomic mass is 17.0. The number of nitrogen functional groups attached to an aromatic ring is 2. The number of nitrogens with one attached hydrogen (secondary N) is 1. The SMILES string of the molecule is C.N.NC1=NC(=Nc2ccc(O)cc2)C(Nc2ccc(O)cc2)=CC1=O.Nc1ccc(O)cc1.Nc1ncccc1O.O.OO. The van der Waals surface area contributed by atoms with E-state index in [0.717, 1.165) is 0 Å². The lowest BCUT2D eigenvalue weighted by atomic mass is 10.2. The third kappa shape index (κ3) is 14.0. The first kappa shape index (κ1) is 40.9. The summed E-state index contributed by atoms with van der Waals surface area (Å²) in [6, 6.07) is 22.1. The molecule has 242 valence electrons.